The molecule has 1 fully saturated rings. The van der Waals surface area contributed by atoms with Gasteiger partial charge in [0.2, 0.25) is 0 Å². The van der Waals surface area contributed by atoms with Crippen molar-refractivity contribution >= 4 is 32.7 Å². The maximum Gasteiger partial charge on any atom is 0.321 e. The summed E-state index contributed by atoms with van der Waals surface area (Å²) in [7, 11) is 1.75. The number of hydrogen-bond donors (Lipinski definition) is 3. The van der Waals surface area contributed by atoms with E-state index in [1.54, 1.807) is 33.4 Å². The lowest BCUT2D eigenvalue weighted by molar-refractivity contribution is -0.0334. The zero-order chi connectivity index (χ0) is 26.9. The van der Waals surface area contributed by atoms with Gasteiger partial charge in [0.25, 0.3) is 0 Å². The number of aromatic nitrogens is 4. The summed E-state index contributed by atoms with van der Waals surface area (Å²) in [4.78, 5) is 32.6. The van der Waals surface area contributed by atoms with Crippen LogP contribution in [0.1, 0.15) is 32.2 Å². The van der Waals surface area contributed by atoms with Gasteiger partial charge in [0.05, 0.1) is 22.0 Å². The first-order valence-corrected chi connectivity index (χ1v) is 13.3. The predicted octanol–water partition coefficient (Wildman–Crippen LogP) is 4.01. The highest BCUT2D eigenvalue weighted by Gasteiger charge is 2.26. The average Bonchev–Trinajstić information content (AvgIpc) is 3.27. The van der Waals surface area contributed by atoms with Gasteiger partial charge in [-0.2, -0.15) is 0 Å². The standard InChI is InChI=1S/C27H31N7O3S/c1-5-28-25(35)33-26-32-22-10-17(18-11-30-24(31-12-18)27(2,3)36)9-20(23(22)38-26)21-8-16(6-7-29-21)13-34-14-19(15-34)37-4/h6-12,19,36H,5,13-15H2,1-4H3,(H2,28,32,33,35). The molecule has 10 nitrogen and oxygen atoms in total. The first-order valence-electron chi connectivity index (χ1n) is 12.5. The second-order valence-electron chi connectivity index (χ2n) is 9.83. The molecule has 1 saturated heterocycles. The van der Waals surface area contributed by atoms with Gasteiger partial charge in [-0.05, 0) is 56.2 Å². The third kappa shape index (κ3) is 5.65. The smallest absolute Gasteiger partial charge is 0.321 e. The minimum atomic E-state index is -1.13. The van der Waals surface area contributed by atoms with E-state index in [0.29, 0.717) is 23.6 Å². The normalized spacial score (nSPS) is 14.4. The molecule has 3 aromatic heterocycles. The topological polar surface area (TPSA) is 125 Å². The van der Waals surface area contributed by atoms with Gasteiger partial charge < -0.3 is 15.2 Å². The van der Waals surface area contributed by atoms with Crippen LogP contribution in [0.25, 0.3) is 32.6 Å². The summed E-state index contributed by atoms with van der Waals surface area (Å²) < 4.78 is 6.32. The van der Waals surface area contributed by atoms with Crippen LogP contribution in [0.4, 0.5) is 9.93 Å². The number of methoxy groups -OCH3 is 1. The largest absolute Gasteiger partial charge is 0.382 e. The number of fused-ring (bicyclic) bond motifs is 1. The average molecular weight is 534 g/mol. The molecule has 198 valence electrons. The number of amides is 2. The Hall–Kier alpha value is -3.51. The van der Waals surface area contributed by atoms with Crippen LogP contribution in [0.3, 0.4) is 0 Å². The van der Waals surface area contributed by atoms with Crippen LogP contribution in [-0.4, -0.2) is 68.8 Å². The number of aliphatic hydroxyl groups is 1. The number of rotatable bonds is 8. The third-order valence-electron chi connectivity index (χ3n) is 6.34. The second-order valence-corrected chi connectivity index (χ2v) is 10.8. The number of nitrogens with zero attached hydrogens (tertiary/aromatic N) is 5. The van der Waals surface area contributed by atoms with Gasteiger partial charge in [-0.3, -0.25) is 15.2 Å². The molecular weight excluding hydrogens is 502 g/mol. The number of pyridine rings is 1. The summed E-state index contributed by atoms with van der Waals surface area (Å²) in [6.45, 7) is 8.33. The van der Waals surface area contributed by atoms with Gasteiger partial charge in [0.15, 0.2) is 11.0 Å². The minimum absolute atomic E-state index is 0.297. The van der Waals surface area contributed by atoms with Gasteiger partial charge in [0.1, 0.15) is 5.60 Å². The fourth-order valence-electron chi connectivity index (χ4n) is 4.32. The van der Waals surface area contributed by atoms with E-state index in [1.807, 2.05) is 25.3 Å². The molecule has 0 radical (unpaired) electrons. The number of thiazole rings is 1. The highest BCUT2D eigenvalue weighted by molar-refractivity contribution is 7.22. The number of urea groups is 1. The molecular formula is C27H31N7O3S. The number of ether oxygens (including phenoxy) is 1. The summed E-state index contributed by atoms with van der Waals surface area (Å²) in [5.74, 6) is 0.348. The van der Waals surface area contributed by atoms with E-state index >= 15 is 0 Å². The Kier molecular flexibility index (Phi) is 7.35. The Morgan fingerprint density at radius 2 is 1.95 bits per heavy atom. The number of hydrogen-bond acceptors (Lipinski definition) is 9. The molecule has 0 unspecified atom stereocenters. The molecule has 11 heteroatoms. The minimum Gasteiger partial charge on any atom is -0.382 e. The summed E-state index contributed by atoms with van der Waals surface area (Å²) in [5, 5.41) is 16.3. The monoisotopic (exact) mass is 533 g/mol. The van der Waals surface area contributed by atoms with Gasteiger partial charge in [0, 0.05) is 63.0 Å². The zero-order valence-corrected chi connectivity index (χ0v) is 22.7. The van der Waals surface area contributed by atoms with Gasteiger partial charge in [-0.15, -0.1) is 0 Å². The van der Waals surface area contributed by atoms with Crippen LogP contribution >= 0.6 is 11.3 Å². The SMILES string of the molecule is CCNC(=O)Nc1nc2cc(-c3cnc(C(C)(C)O)nc3)cc(-c3cc(CN4CC(OC)C4)ccn3)c2s1. The summed E-state index contributed by atoms with van der Waals surface area (Å²) >= 11 is 1.41. The molecule has 4 heterocycles. The van der Waals surface area contributed by atoms with Crippen molar-refractivity contribution in [2.45, 2.75) is 39.0 Å². The van der Waals surface area contributed by atoms with Crippen molar-refractivity contribution in [3.05, 3.63) is 54.2 Å². The van der Waals surface area contributed by atoms with Crippen molar-refractivity contribution in [2.24, 2.45) is 0 Å². The highest BCUT2D eigenvalue weighted by atomic mass is 32.1. The Bertz CT molecular complexity index is 1440. The molecule has 38 heavy (non-hydrogen) atoms. The second kappa shape index (κ2) is 10.7. The van der Waals surface area contributed by atoms with E-state index in [9.17, 15) is 9.90 Å². The molecule has 2 amide bonds. The van der Waals surface area contributed by atoms with Gasteiger partial charge in [-0.1, -0.05) is 11.3 Å². The molecule has 0 spiro atoms. The number of anilines is 1. The molecule has 0 bridgehead atoms. The third-order valence-corrected chi connectivity index (χ3v) is 7.36. The number of carbonyl (C=O) groups excluding carboxylic acids is 1. The van der Waals surface area contributed by atoms with E-state index in [0.717, 1.165) is 57.8 Å². The van der Waals surface area contributed by atoms with Crippen LogP contribution < -0.4 is 10.6 Å². The maximum absolute atomic E-state index is 12.2. The molecule has 1 aliphatic rings. The van der Waals surface area contributed by atoms with Crippen LogP contribution in [0.2, 0.25) is 0 Å². The quantitative estimate of drug-likeness (QED) is 0.310. The summed E-state index contributed by atoms with van der Waals surface area (Å²) in [6.07, 6.45) is 5.52. The zero-order valence-electron chi connectivity index (χ0n) is 21.9. The van der Waals surface area contributed by atoms with Crippen molar-refractivity contribution < 1.29 is 14.6 Å². The molecule has 0 atom stereocenters. The Labute approximate surface area is 225 Å². The first kappa shape index (κ1) is 26.1. The van der Waals surface area contributed by atoms with Crippen LogP contribution in [0.15, 0.2) is 42.9 Å². The van der Waals surface area contributed by atoms with E-state index in [-0.39, 0.29) is 6.03 Å². The van der Waals surface area contributed by atoms with E-state index < -0.39 is 5.60 Å². The van der Waals surface area contributed by atoms with Crippen molar-refractivity contribution in [2.75, 3.05) is 32.1 Å². The van der Waals surface area contributed by atoms with Crippen molar-refractivity contribution in [1.82, 2.24) is 30.2 Å². The fourth-order valence-corrected chi connectivity index (χ4v) is 5.28. The van der Waals surface area contributed by atoms with Crippen LogP contribution in [0.5, 0.6) is 0 Å². The van der Waals surface area contributed by atoms with Crippen molar-refractivity contribution in [1.29, 1.82) is 0 Å². The van der Waals surface area contributed by atoms with E-state index in [2.05, 4.69) is 37.6 Å². The molecule has 3 N–H and O–H groups in total. The van der Waals surface area contributed by atoms with Crippen LogP contribution in [0, 0.1) is 0 Å². The first-order chi connectivity index (χ1) is 18.2. The van der Waals surface area contributed by atoms with Crippen molar-refractivity contribution in [3.8, 4) is 22.4 Å². The Balaban J connectivity index is 1.54. The maximum atomic E-state index is 12.2. The van der Waals surface area contributed by atoms with Gasteiger partial charge >= 0.3 is 6.03 Å². The lowest BCUT2D eigenvalue weighted by atomic mass is 10.0. The fraction of sp³-hybridized carbons (Fsp3) is 0.370. The number of carbonyl (C=O) groups is 1. The lowest BCUT2D eigenvalue weighted by Gasteiger charge is -2.38. The molecule has 5 rings (SSSR count). The van der Waals surface area contributed by atoms with Crippen LogP contribution in [-0.2, 0) is 16.9 Å². The summed E-state index contributed by atoms with van der Waals surface area (Å²) in [6, 6.07) is 7.84. The molecule has 4 aromatic rings. The highest BCUT2D eigenvalue weighted by Crippen LogP contribution is 2.38. The Morgan fingerprint density at radius 1 is 1.18 bits per heavy atom. The molecule has 0 saturated carbocycles. The van der Waals surface area contributed by atoms with Crippen molar-refractivity contribution in [3.63, 3.8) is 0 Å². The lowest BCUT2D eigenvalue weighted by Crippen LogP contribution is -2.50. The Morgan fingerprint density at radius 3 is 2.63 bits per heavy atom. The van der Waals surface area contributed by atoms with E-state index in [1.165, 1.54) is 11.3 Å². The molecule has 0 aliphatic carbocycles. The number of likely N-dealkylation sites (tertiary alicyclic amines) is 1. The predicted molar refractivity (Wildman–Crippen MR) is 148 cm³/mol. The number of nitrogens with one attached hydrogen (secondary N) is 2. The van der Waals surface area contributed by atoms with E-state index in [4.69, 9.17) is 14.7 Å². The van der Waals surface area contributed by atoms with Gasteiger partial charge in [-0.25, -0.2) is 19.7 Å². The summed E-state index contributed by atoms with van der Waals surface area (Å²) in [5.41, 5.74) is 4.14. The molecule has 1 aliphatic heterocycles. The molecule has 1 aromatic carbocycles. The number of benzene rings is 1.